The molecule has 0 saturated heterocycles. The average molecular weight is 400 g/mol. The number of thiazole rings is 1. The summed E-state index contributed by atoms with van der Waals surface area (Å²) >= 11 is 1.81. The first-order valence-corrected chi connectivity index (χ1v) is 12.4. The lowest BCUT2D eigenvalue weighted by Crippen LogP contribution is -2.11. The van der Waals surface area contributed by atoms with Crippen LogP contribution in [0.15, 0.2) is 35.8 Å². The maximum absolute atomic E-state index is 4.65. The van der Waals surface area contributed by atoms with E-state index in [0.29, 0.717) is 5.92 Å². The first-order valence-electron chi connectivity index (χ1n) is 11.5. The van der Waals surface area contributed by atoms with Crippen molar-refractivity contribution in [3.8, 4) is 0 Å². The summed E-state index contributed by atoms with van der Waals surface area (Å²) in [6.07, 6.45) is 17.1. The smallest absolute Gasteiger partial charge is 0.0999 e. The zero-order valence-electron chi connectivity index (χ0n) is 18.7. The molecule has 1 aromatic carbocycles. The van der Waals surface area contributed by atoms with Gasteiger partial charge in [-0.25, -0.2) is 4.98 Å². The number of hydrogen-bond acceptors (Lipinski definition) is 2. The molecule has 1 atom stereocenters. The van der Waals surface area contributed by atoms with Crippen LogP contribution in [0.1, 0.15) is 120 Å². The van der Waals surface area contributed by atoms with E-state index >= 15 is 0 Å². The molecule has 0 aliphatic rings. The number of benzene rings is 1. The van der Waals surface area contributed by atoms with E-state index < -0.39 is 0 Å². The van der Waals surface area contributed by atoms with Crippen LogP contribution in [0.25, 0.3) is 0 Å². The largest absolute Gasteiger partial charge is 0.249 e. The minimum Gasteiger partial charge on any atom is -0.249 e. The molecule has 2 heteroatoms. The lowest BCUT2D eigenvalue weighted by molar-refractivity contribution is 0.540. The predicted molar refractivity (Wildman–Crippen MR) is 126 cm³/mol. The van der Waals surface area contributed by atoms with Crippen molar-refractivity contribution in [3.63, 3.8) is 0 Å². The van der Waals surface area contributed by atoms with E-state index in [4.69, 9.17) is 0 Å². The molecule has 0 fully saturated rings. The van der Waals surface area contributed by atoms with Crippen LogP contribution in [-0.2, 0) is 5.41 Å². The van der Waals surface area contributed by atoms with Gasteiger partial charge in [-0.05, 0) is 23.0 Å². The molecule has 0 saturated carbocycles. The summed E-state index contributed by atoms with van der Waals surface area (Å²) in [5, 5.41) is 3.39. The van der Waals surface area contributed by atoms with Crippen molar-refractivity contribution in [3.05, 3.63) is 52.0 Å². The fraction of sp³-hybridized carbons (Fsp3) is 0.654. The molecule has 1 heterocycles. The van der Waals surface area contributed by atoms with Gasteiger partial charge in [0.1, 0.15) is 0 Å². The van der Waals surface area contributed by atoms with Crippen LogP contribution in [0.5, 0.6) is 0 Å². The minimum absolute atomic E-state index is 0.214. The van der Waals surface area contributed by atoms with Crippen LogP contribution in [0.2, 0.25) is 0 Å². The summed E-state index contributed by atoms with van der Waals surface area (Å²) in [6, 6.07) is 9.30. The van der Waals surface area contributed by atoms with Gasteiger partial charge in [0.25, 0.3) is 0 Å². The van der Waals surface area contributed by atoms with E-state index in [1.54, 1.807) is 11.3 Å². The quantitative estimate of drug-likeness (QED) is 0.306. The van der Waals surface area contributed by atoms with Crippen LogP contribution in [0.4, 0.5) is 0 Å². The molecule has 28 heavy (non-hydrogen) atoms. The standard InChI is InChI=1S/C26H41NS/c1-5-6-7-8-9-10-11-12-13-14-15-24(25-27-20-21-28-25)22-16-18-23(19-17-22)26(2,3)4/h16-21,24H,5-15H2,1-4H3. The molecule has 1 nitrogen and oxygen atoms in total. The van der Waals surface area contributed by atoms with Crippen molar-refractivity contribution < 1.29 is 0 Å². The molecule has 0 amide bonds. The van der Waals surface area contributed by atoms with Crippen LogP contribution in [-0.4, -0.2) is 4.98 Å². The van der Waals surface area contributed by atoms with Gasteiger partial charge in [-0.2, -0.15) is 0 Å². The first kappa shape index (κ1) is 23.1. The Bertz CT molecular complexity index is 621. The van der Waals surface area contributed by atoms with Crippen molar-refractivity contribution in [2.75, 3.05) is 0 Å². The highest BCUT2D eigenvalue weighted by Gasteiger charge is 2.18. The van der Waals surface area contributed by atoms with E-state index in [0.717, 1.165) is 0 Å². The number of hydrogen-bond donors (Lipinski definition) is 0. The van der Waals surface area contributed by atoms with Gasteiger partial charge in [-0.1, -0.05) is 116 Å². The summed E-state index contributed by atoms with van der Waals surface area (Å²) in [5.74, 6) is 0.461. The van der Waals surface area contributed by atoms with Crippen LogP contribution in [0, 0.1) is 0 Å². The molecule has 0 spiro atoms. The predicted octanol–water partition coefficient (Wildman–Crippen LogP) is 8.88. The summed E-state index contributed by atoms with van der Waals surface area (Å²) in [5.41, 5.74) is 3.05. The first-order chi connectivity index (χ1) is 13.5. The van der Waals surface area contributed by atoms with Gasteiger partial charge in [0.2, 0.25) is 0 Å². The molecule has 0 aliphatic heterocycles. The van der Waals surface area contributed by atoms with Crippen molar-refractivity contribution >= 4 is 11.3 Å². The van der Waals surface area contributed by atoms with Crippen molar-refractivity contribution in [1.29, 1.82) is 0 Å². The van der Waals surface area contributed by atoms with Gasteiger partial charge in [0, 0.05) is 17.5 Å². The molecule has 1 unspecified atom stereocenters. The maximum Gasteiger partial charge on any atom is 0.0999 e. The summed E-state index contributed by atoms with van der Waals surface area (Å²) in [7, 11) is 0. The Labute approximate surface area is 178 Å². The molecular weight excluding hydrogens is 358 g/mol. The number of rotatable bonds is 13. The maximum atomic E-state index is 4.65. The molecule has 2 aromatic rings. The molecule has 0 aliphatic carbocycles. The number of unbranched alkanes of at least 4 members (excludes halogenated alkanes) is 9. The van der Waals surface area contributed by atoms with Gasteiger partial charge in [-0.15, -0.1) is 11.3 Å². The zero-order chi connectivity index (χ0) is 20.2. The van der Waals surface area contributed by atoms with Gasteiger partial charge in [0.15, 0.2) is 0 Å². The van der Waals surface area contributed by atoms with Gasteiger partial charge >= 0.3 is 0 Å². The highest BCUT2D eigenvalue weighted by atomic mass is 32.1. The number of nitrogens with zero attached hydrogens (tertiary/aromatic N) is 1. The third kappa shape index (κ3) is 8.07. The van der Waals surface area contributed by atoms with Gasteiger partial charge in [0.05, 0.1) is 5.01 Å². The van der Waals surface area contributed by atoms with E-state index in [1.165, 1.54) is 86.8 Å². The molecule has 0 radical (unpaired) electrons. The summed E-state index contributed by atoms with van der Waals surface area (Å²) in [4.78, 5) is 4.65. The number of aromatic nitrogens is 1. The third-order valence-electron chi connectivity index (χ3n) is 5.77. The highest BCUT2D eigenvalue weighted by Crippen LogP contribution is 2.33. The minimum atomic E-state index is 0.214. The summed E-state index contributed by atoms with van der Waals surface area (Å²) in [6.45, 7) is 9.14. The van der Waals surface area contributed by atoms with E-state index in [9.17, 15) is 0 Å². The fourth-order valence-electron chi connectivity index (χ4n) is 3.89. The Balaban J connectivity index is 1.78. The molecule has 2 rings (SSSR count). The van der Waals surface area contributed by atoms with Crippen LogP contribution < -0.4 is 0 Å². The van der Waals surface area contributed by atoms with Crippen molar-refractivity contribution in [2.45, 2.75) is 110 Å². The Kier molecular flexibility index (Phi) is 10.3. The molecule has 156 valence electrons. The molecular formula is C26H41NS. The lowest BCUT2D eigenvalue weighted by atomic mass is 9.85. The van der Waals surface area contributed by atoms with Crippen LogP contribution >= 0.6 is 11.3 Å². The second-order valence-corrected chi connectivity index (χ2v) is 10.2. The van der Waals surface area contributed by atoms with Crippen molar-refractivity contribution in [1.82, 2.24) is 4.98 Å². The molecule has 1 aromatic heterocycles. The molecule has 0 N–H and O–H groups in total. The van der Waals surface area contributed by atoms with E-state index in [1.807, 2.05) is 6.20 Å². The average Bonchev–Trinajstić information content (AvgIpc) is 3.20. The second-order valence-electron chi connectivity index (χ2n) is 9.27. The topological polar surface area (TPSA) is 12.9 Å². The third-order valence-corrected chi connectivity index (χ3v) is 6.66. The van der Waals surface area contributed by atoms with E-state index in [-0.39, 0.29) is 5.41 Å². The Morgan fingerprint density at radius 1 is 0.821 bits per heavy atom. The zero-order valence-corrected chi connectivity index (χ0v) is 19.5. The monoisotopic (exact) mass is 399 g/mol. The Morgan fingerprint density at radius 2 is 1.39 bits per heavy atom. The highest BCUT2D eigenvalue weighted by molar-refractivity contribution is 7.09. The SMILES string of the molecule is CCCCCCCCCCCCC(c1ccc(C(C)(C)C)cc1)c1nccs1. The lowest BCUT2D eigenvalue weighted by Gasteiger charge is -2.21. The van der Waals surface area contributed by atoms with Gasteiger partial charge in [-0.3, -0.25) is 0 Å². The van der Waals surface area contributed by atoms with Crippen LogP contribution in [0.3, 0.4) is 0 Å². The summed E-state index contributed by atoms with van der Waals surface area (Å²) < 4.78 is 0. The second kappa shape index (κ2) is 12.4. The Hall–Kier alpha value is -1.15. The Morgan fingerprint density at radius 3 is 1.89 bits per heavy atom. The van der Waals surface area contributed by atoms with E-state index in [2.05, 4.69) is 62.3 Å². The fourth-order valence-corrected chi connectivity index (χ4v) is 4.69. The van der Waals surface area contributed by atoms with Gasteiger partial charge < -0.3 is 0 Å². The molecule has 0 bridgehead atoms. The normalized spacial score (nSPS) is 13.0. The van der Waals surface area contributed by atoms with Crippen molar-refractivity contribution in [2.24, 2.45) is 0 Å².